The van der Waals surface area contributed by atoms with Crippen LogP contribution in [0.15, 0.2) is 18.2 Å². The highest BCUT2D eigenvalue weighted by molar-refractivity contribution is 9.09. The van der Waals surface area contributed by atoms with Crippen molar-refractivity contribution in [3.8, 4) is 0 Å². The maximum absolute atomic E-state index is 12.0. The summed E-state index contributed by atoms with van der Waals surface area (Å²) in [6.07, 6.45) is 1.96. The molecule has 1 heterocycles. The van der Waals surface area contributed by atoms with Gasteiger partial charge in [-0.05, 0) is 36.0 Å². The van der Waals surface area contributed by atoms with Crippen molar-refractivity contribution in [2.24, 2.45) is 5.92 Å². The number of halogens is 1. The fraction of sp³-hybridized carbons (Fsp3) is 0.562. The second-order valence-corrected chi connectivity index (χ2v) is 6.83. The minimum atomic E-state index is 0.0412. The summed E-state index contributed by atoms with van der Waals surface area (Å²) in [6, 6.07) is 6.45. The van der Waals surface area contributed by atoms with Crippen LogP contribution in [0, 0.1) is 5.92 Å². The molecule has 0 aliphatic carbocycles. The Hall–Kier alpha value is -0.870. The Kier molecular flexibility index (Phi) is 5.22. The van der Waals surface area contributed by atoms with Gasteiger partial charge in [-0.3, -0.25) is 4.79 Å². The topological polar surface area (TPSA) is 29.5 Å². The van der Waals surface area contributed by atoms with Crippen LogP contribution in [-0.4, -0.2) is 31.0 Å². The number of nitrogens with zero attached hydrogens (tertiary/aromatic N) is 1. The summed E-state index contributed by atoms with van der Waals surface area (Å²) in [4.78, 5) is 14.3. The monoisotopic (exact) mass is 339 g/mol. The molecule has 110 valence electrons. The van der Waals surface area contributed by atoms with Gasteiger partial charge in [0.25, 0.3) is 5.91 Å². The lowest BCUT2D eigenvalue weighted by molar-refractivity contribution is -0.122. The minimum absolute atomic E-state index is 0.0412. The lowest BCUT2D eigenvalue weighted by Crippen LogP contribution is -2.31. The summed E-state index contributed by atoms with van der Waals surface area (Å²) >= 11 is 3.73. The van der Waals surface area contributed by atoms with Crippen molar-refractivity contribution in [2.75, 3.05) is 25.2 Å². The van der Waals surface area contributed by atoms with Crippen molar-refractivity contribution >= 4 is 27.5 Å². The minimum Gasteiger partial charge on any atom is -0.375 e. The van der Waals surface area contributed by atoms with E-state index in [9.17, 15) is 4.79 Å². The van der Waals surface area contributed by atoms with E-state index in [0.29, 0.717) is 10.7 Å². The molecule has 3 nitrogen and oxygen atoms in total. The lowest BCUT2D eigenvalue weighted by atomic mass is 10.00. The van der Waals surface area contributed by atoms with E-state index in [0.717, 1.165) is 25.1 Å². The molecule has 1 amide bonds. The molecule has 0 fully saturated rings. The van der Waals surface area contributed by atoms with Gasteiger partial charge in [0.2, 0.25) is 0 Å². The van der Waals surface area contributed by atoms with Crippen LogP contribution in [0.2, 0.25) is 0 Å². The van der Waals surface area contributed by atoms with Gasteiger partial charge in [-0.15, -0.1) is 0 Å². The van der Waals surface area contributed by atoms with Gasteiger partial charge in [-0.1, -0.05) is 41.9 Å². The van der Waals surface area contributed by atoms with Crippen molar-refractivity contribution < 1.29 is 9.53 Å². The third-order valence-electron chi connectivity index (χ3n) is 3.76. The maximum atomic E-state index is 12.0. The summed E-state index contributed by atoms with van der Waals surface area (Å²) in [5.41, 5.74) is 3.65. The number of ether oxygens (including phenoxy) is 1. The Labute approximate surface area is 129 Å². The number of amides is 1. The molecule has 4 heteroatoms. The van der Waals surface area contributed by atoms with Gasteiger partial charge in [0.1, 0.15) is 6.61 Å². The molecule has 0 bridgehead atoms. The van der Waals surface area contributed by atoms with Gasteiger partial charge in [0.05, 0.1) is 0 Å². The fourth-order valence-electron chi connectivity index (χ4n) is 2.50. The molecule has 0 spiro atoms. The van der Waals surface area contributed by atoms with Gasteiger partial charge in [0, 0.05) is 24.2 Å². The summed E-state index contributed by atoms with van der Waals surface area (Å²) in [7, 11) is 1.56. The number of carbonyl (C=O) groups is 1. The Morgan fingerprint density at radius 2 is 2.20 bits per heavy atom. The van der Waals surface area contributed by atoms with Gasteiger partial charge in [-0.2, -0.15) is 0 Å². The van der Waals surface area contributed by atoms with E-state index in [1.807, 2.05) is 4.90 Å². The van der Waals surface area contributed by atoms with Crippen LogP contribution in [0.5, 0.6) is 0 Å². The van der Waals surface area contributed by atoms with Crippen LogP contribution < -0.4 is 4.90 Å². The molecular formula is C16H22BrNO2. The van der Waals surface area contributed by atoms with E-state index in [-0.39, 0.29) is 12.5 Å². The highest BCUT2D eigenvalue weighted by Crippen LogP contribution is 2.30. The third-order valence-corrected chi connectivity index (χ3v) is 5.14. The number of hydrogen-bond acceptors (Lipinski definition) is 2. The first-order valence-corrected chi connectivity index (χ1v) is 7.99. The number of methoxy groups -OCH3 is 1. The molecular weight excluding hydrogens is 318 g/mol. The van der Waals surface area contributed by atoms with Crippen LogP contribution in [0.4, 0.5) is 5.69 Å². The average molecular weight is 340 g/mol. The summed E-state index contributed by atoms with van der Waals surface area (Å²) < 4.78 is 4.94. The Balaban J connectivity index is 2.12. The second-order valence-electron chi connectivity index (χ2n) is 5.66. The molecule has 1 aliphatic heterocycles. The molecule has 0 aromatic heterocycles. The first kappa shape index (κ1) is 15.5. The van der Waals surface area contributed by atoms with Crippen LogP contribution in [0.1, 0.15) is 25.0 Å². The number of alkyl halides is 1. The van der Waals surface area contributed by atoms with E-state index in [1.54, 1.807) is 7.11 Å². The number of benzene rings is 1. The summed E-state index contributed by atoms with van der Waals surface area (Å²) in [6.45, 7) is 5.36. The van der Waals surface area contributed by atoms with Crippen molar-refractivity contribution in [3.05, 3.63) is 29.3 Å². The largest absolute Gasteiger partial charge is 0.375 e. The lowest BCUT2D eigenvalue weighted by Gasteiger charge is -2.18. The standard InChI is InChI=1S/C16H22BrNO2/c1-11(2)14(17)9-12-4-5-15-13(8-12)6-7-18(15)16(19)10-20-3/h4-5,8,11,14H,6-7,9-10H2,1-3H3. The maximum Gasteiger partial charge on any atom is 0.252 e. The van der Waals surface area contributed by atoms with Gasteiger partial charge in [0.15, 0.2) is 0 Å². The zero-order chi connectivity index (χ0) is 14.7. The molecule has 0 radical (unpaired) electrons. The first-order valence-electron chi connectivity index (χ1n) is 7.08. The predicted octanol–water partition coefficient (Wildman–Crippen LogP) is 3.18. The second kappa shape index (κ2) is 6.72. The molecule has 0 saturated carbocycles. The molecule has 20 heavy (non-hydrogen) atoms. The number of anilines is 1. The number of carbonyl (C=O) groups excluding carboxylic acids is 1. The summed E-state index contributed by atoms with van der Waals surface area (Å²) in [5, 5.41) is 0. The predicted molar refractivity (Wildman–Crippen MR) is 85.6 cm³/mol. The van der Waals surface area contributed by atoms with Crippen molar-refractivity contribution in [1.29, 1.82) is 0 Å². The smallest absolute Gasteiger partial charge is 0.252 e. The Bertz CT molecular complexity index is 487. The molecule has 1 aromatic carbocycles. The SMILES string of the molecule is COCC(=O)N1CCc2cc(CC(Br)C(C)C)ccc21. The van der Waals surface area contributed by atoms with Crippen LogP contribution in [0.3, 0.4) is 0 Å². The molecule has 1 unspecified atom stereocenters. The Morgan fingerprint density at radius 3 is 2.85 bits per heavy atom. The zero-order valence-electron chi connectivity index (χ0n) is 12.4. The molecule has 0 saturated heterocycles. The molecule has 0 N–H and O–H groups in total. The number of fused-ring (bicyclic) bond motifs is 1. The number of hydrogen-bond donors (Lipinski definition) is 0. The molecule has 1 atom stereocenters. The fourth-order valence-corrected chi connectivity index (χ4v) is 2.88. The van der Waals surface area contributed by atoms with Gasteiger partial charge >= 0.3 is 0 Å². The van der Waals surface area contributed by atoms with Crippen molar-refractivity contribution in [2.45, 2.75) is 31.5 Å². The van der Waals surface area contributed by atoms with Crippen molar-refractivity contribution in [1.82, 2.24) is 0 Å². The van der Waals surface area contributed by atoms with Crippen molar-refractivity contribution in [3.63, 3.8) is 0 Å². The van der Waals surface area contributed by atoms with Gasteiger partial charge in [-0.25, -0.2) is 0 Å². The van der Waals surface area contributed by atoms with Crippen LogP contribution >= 0.6 is 15.9 Å². The highest BCUT2D eigenvalue weighted by Gasteiger charge is 2.24. The van der Waals surface area contributed by atoms with E-state index >= 15 is 0 Å². The normalized spacial score (nSPS) is 15.6. The Morgan fingerprint density at radius 1 is 1.45 bits per heavy atom. The van der Waals surface area contributed by atoms with E-state index in [4.69, 9.17) is 4.74 Å². The highest BCUT2D eigenvalue weighted by atomic mass is 79.9. The molecule has 2 rings (SSSR count). The average Bonchev–Trinajstić information content (AvgIpc) is 2.81. The molecule has 1 aliphatic rings. The zero-order valence-corrected chi connectivity index (χ0v) is 13.9. The number of rotatable bonds is 5. The van der Waals surface area contributed by atoms with E-state index in [2.05, 4.69) is 48.0 Å². The van der Waals surface area contributed by atoms with Gasteiger partial charge < -0.3 is 9.64 Å². The van der Waals surface area contributed by atoms with E-state index in [1.165, 1.54) is 11.1 Å². The van der Waals surface area contributed by atoms with E-state index < -0.39 is 0 Å². The quantitative estimate of drug-likeness (QED) is 0.771. The third kappa shape index (κ3) is 3.41. The molecule has 1 aromatic rings. The summed E-state index contributed by atoms with van der Waals surface area (Å²) in [5.74, 6) is 0.655. The van der Waals surface area contributed by atoms with Crippen LogP contribution in [0.25, 0.3) is 0 Å². The first-order chi connectivity index (χ1) is 9.52. The van der Waals surface area contributed by atoms with Crippen LogP contribution in [-0.2, 0) is 22.4 Å².